The summed E-state index contributed by atoms with van der Waals surface area (Å²) >= 11 is 0. The van der Waals surface area contributed by atoms with Crippen molar-refractivity contribution in [3.05, 3.63) is 83.6 Å². The molecule has 0 saturated heterocycles. The number of hydrogen-bond donors (Lipinski definition) is 0. The van der Waals surface area contributed by atoms with Gasteiger partial charge in [-0.25, -0.2) is 9.78 Å². The highest BCUT2D eigenvalue weighted by Crippen LogP contribution is 2.29. The van der Waals surface area contributed by atoms with E-state index in [1.807, 2.05) is 0 Å². The van der Waals surface area contributed by atoms with Crippen LogP contribution in [0.2, 0.25) is 0 Å². The second kappa shape index (κ2) is 8.55. The second-order valence-corrected chi connectivity index (χ2v) is 5.85. The minimum absolute atomic E-state index is 0.323. The van der Waals surface area contributed by atoms with Gasteiger partial charge in [-0.05, 0) is 48.0 Å². The molecule has 0 aliphatic carbocycles. The van der Waals surface area contributed by atoms with Crippen LogP contribution >= 0.6 is 0 Å². The number of carbonyl (C=O) groups is 1. The average molecular weight is 400 g/mol. The lowest BCUT2D eigenvalue weighted by Gasteiger charge is -2.06. The van der Waals surface area contributed by atoms with Crippen molar-refractivity contribution in [3.63, 3.8) is 0 Å². The van der Waals surface area contributed by atoms with Crippen LogP contribution in [-0.2, 0) is 10.9 Å². The first kappa shape index (κ1) is 20.1. The highest BCUT2D eigenvalue weighted by molar-refractivity contribution is 5.89. The molecule has 0 N–H and O–H groups in total. The molecule has 0 spiro atoms. The molecule has 3 rings (SSSR count). The number of esters is 1. The quantitative estimate of drug-likeness (QED) is 0.423. The maximum atomic E-state index is 12.6. The Balaban J connectivity index is 1.62. The summed E-state index contributed by atoms with van der Waals surface area (Å²) in [7, 11) is 1.30. The van der Waals surface area contributed by atoms with Crippen LogP contribution in [0.1, 0.15) is 21.5 Å². The number of ether oxygens (including phenoxy) is 2. The van der Waals surface area contributed by atoms with Crippen molar-refractivity contribution in [1.82, 2.24) is 4.98 Å². The average Bonchev–Trinajstić information content (AvgIpc) is 2.73. The number of rotatable bonds is 5. The van der Waals surface area contributed by atoms with Gasteiger partial charge in [-0.1, -0.05) is 12.1 Å². The lowest BCUT2D eigenvalue weighted by Crippen LogP contribution is -2.04. The molecule has 1 heterocycles. The van der Waals surface area contributed by atoms with Crippen LogP contribution in [-0.4, -0.2) is 24.3 Å². The number of methoxy groups -OCH3 is 1. The molecule has 1 aromatic heterocycles. The van der Waals surface area contributed by atoms with Gasteiger partial charge in [0.15, 0.2) is 0 Å². The lowest BCUT2D eigenvalue weighted by molar-refractivity contribution is -0.137. The van der Waals surface area contributed by atoms with Gasteiger partial charge in [-0.15, -0.1) is 0 Å². The number of benzene rings is 2. The minimum Gasteiger partial charge on any atom is -0.465 e. The molecule has 0 aliphatic rings. The number of hydrogen-bond acceptors (Lipinski definition) is 5. The molecule has 29 heavy (non-hydrogen) atoms. The molecule has 0 saturated carbocycles. The van der Waals surface area contributed by atoms with E-state index in [0.29, 0.717) is 28.4 Å². The number of halogens is 3. The van der Waals surface area contributed by atoms with Crippen molar-refractivity contribution in [2.75, 3.05) is 7.11 Å². The molecule has 0 atom stereocenters. The van der Waals surface area contributed by atoms with Crippen LogP contribution in [0.5, 0.6) is 11.6 Å². The molecule has 2 aromatic carbocycles. The lowest BCUT2D eigenvalue weighted by atomic mass is 10.1. The van der Waals surface area contributed by atoms with Crippen LogP contribution < -0.4 is 4.74 Å². The predicted octanol–water partition coefficient (Wildman–Crippen LogP) is 5.43. The summed E-state index contributed by atoms with van der Waals surface area (Å²) in [6.45, 7) is 0. The summed E-state index contributed by atoms with van der Waals surface area (Å²) in [6.07, 6.45) is -1.45. The van der Waals surface area contributed by atoms with Gasteiger partial charge in [0.1, 0.15) is 5.75 Å². The fourth-order valence-electron chi connectivity index (χ4n) is 2.31. The summed E-state index contributed by atoms with van der Waals surface area (Å²) in [4.78, 5) is 19.7. The maximum absolute atomic E-state index is 12.6. The third kappa shape index (κ3) is 5.41. The van der Waals surface area contributed by atoms with Gasteiger partial charge in [0.2, 0.25) is 5.88 Å². The zero-order valence-electron chi connectivity index (χ0n) is 15.2. The zero-order valence-corrected chi connectivity index (χ0v) is 15.2. The molecule has 0 unspecified atom stereocenters. The molecule has 0 bridgehead atoms. The molecule has 8 heteroatoms. The van der Waals surface area contributed by atoms with Crippen molar-refractivity contribution in [3.8, 4) is 11.6 Å². The summed E-state index contributed by atoms with van der Waals surface area (Å²) in [5, 5.41) is 0. The van der Waals surface area contributed by atoms with E-state index in [2.05, 4.69) is 14.7 Å². The number of alkyl halides is 3. The molecule has 0 radical (unpaired) electrons. The second-order valence-electron chi connectivity index (χ2n) is 5.85. The first-order chi connectivity index (χ1) is 13.8. The number of pyridine rings is 1. The smallest absolute Gasteiger partial charge is 0.416 e. The van der Waals surface area contributed by atoms with Crippen molar-refractivity contribution < 1.29 is 27.4 Å². The summed E-state index contributed by atoms with van der Waals surface area (Å²) in [5.74, 6) is 0.375. The number of nitrogens with zero attached hydrogens (tertiary/aromatic N) is 2. The molecular formula is C21H15F3N2O3. The molecule has 148 valence electrons. The Labute approximate surface area is 164 Å². The van der Waals surface area contributed by atoms with Gasteiger partial charge in [0.25, 0.3) is 0 Å². The Bertz CT molecular complexity index is 997. The van der Waals surface area contributed by atoms with E-state index >= 15 is 0 Å². The van der Waals surface area contributed by atoms with Gasteiger partial charge in [0, 0.05) is 12.3 Å². The van der Waals surface area contributed by atoms with Gasteiger partial charge < -0.3 is 9.47 Å². The molecular weight excluding hydrogens is 385 g/mol. The topological polar surface area (TPSA) is 60.8 Å². The summed E-state index contributed by atoms with van der Waals surface area (Å²) in [6, 6.07) is 14.3. The summed E-state index contributed by atoms with van der Waals surface area (Å²) < 4.78 is 47.9. The molecule has 0 amide bonds. The fraction of sp³-hybridized carbons (Fsp3) is 0.0952. The molecule has 0 aliphatic heterocycles. The maximum Gasteiger partial charge on any atom is 0.416 e. The Morgan fingerprint density at radius 2 is 1.69 bits per heavy atom. The van der Waals surface area contributed by atoms with E-state index < -0.39 is 17.7 Å². The zero-order chi connectivity index (χ0) is 20.9. The van der Waals surface area contributed by atoms with Crippen LogP contribution in [0.4, 0.5) is 18.9 Å². The monoisotopic (exact) mass is 400 g/mol. The van der Waals surface area contributed by atoms with Crippen LogP contribution in [0.3, 0.4) is 0 Å². The first-order valence-electron chi connectivity index (χ1n) is 8.39. The number of aliphatic imine (C=N–C) groups is 1. The van der Waals surface area contributed by atoms with Crippen molar-refractivity contribution in [2.24, 2.45) is 4.99 Å². The van der Waals surface area contributed by atoms with Crippen molar-refractivity contribution in [1.29, 1.82) is 0 Å². The predicted molar refractivity (Wildman–Crippen MR) is 101 cm³/mol. The van der Waals surface area contributed by atoms with E-state index in [0.717, 1.165) is 12.1 Å². The Morgan fingerprint density at radius 3 is 2.24 bits per heavy atom. The van der Waals surface area contributed by atoms with Crippen LogP contribution in [0, 0.1) is 0 Å². The van der Waals surface area contributed by atoms with Gasteiger partial charge in [-0.2, -0.15) is 13.2 Å². The number of aromatic nitrogens is 1. The first-order valence-corrected chi connectivity index (χ1v) is 8.39. The largest absolute Gasteiger partial charge is 0.465 e. The van der Waals surface area contributed by atoms with Crippen molar-refractivity contribution in [2.45, 2.75) is 6.18 Å². The Morgan fingerprint density at radius 1 is 1.00 bits per heavy atom. The third-order valence-corrected chi connectivity index (χ3v) is 3.82. The molecule has 3 aromatic rings. The molecule has 0 fully saturated rings. The minimum atomic E-state index is -4.37. The van der Waals surface area contributed by atoms with Gasteiger partial charge >= 0.3 is 12.1 Å². The van der Waals surface area contributed by atoms with E-state index in [9.17, 15) is 18.0 Å². The van der Waals surface area contributed by atoms with E-state index in [4.69, 9.17) is 4.74 Å². The van der Waals surface area contributed by atoms with Gasteiger partial charge in [0.05, 0.1) is 30.1 Å². The van der Waals surface area contributed by atoms with Gasteiger partial charge in [-0.3, -0.25) is 4.99 Å². The van der Waals surface area contributed by atoms with Crippen LogP contribution in [0.15, 0.2) is 71.9 Å². The normalized spacial score (nSPS) is 11.4. The standard InChI is InChI=1S/C21H15F3N2O3/c1-28-20(27)15-4-9-18(10-5-15)29-19-11-8-17(13-26-19)25-12-14-2-6-16(7-3-14)21(22,23)24/h2-13H,1H3/b25-12+. The SMILES string of the molecule is COC(=O)c1ccc(Oc2ccc(/N=C/c3ccc(C(F)(F)F)cc3)cn2)cc1. The number of carbonyl (C=O) groups excluding carboxylic acids is 1. The van der Waals surface area contributed by atoms with Crippen molar-refractivity contribution >= 4 is 17.9 Å². The Kier molecular flexibility index (Phi) is 5.92. The van der Waals surface area contributed by atoms with E-state index in [1.54, 1.807) is 36.4 Å². The molecule has 5 nitrogen and oxygen atoms in total. The van der Waals surface area contributed by atoms with E-state index in [-0.39, 0.29) is 0 Å². The Hall–Kier alpha value is -3.68. The fourth-order valence-corrected chi connectivity index (χ4v) is 2.31. The highest BCUT2D eigenvalue weighted by atomic mass is 19.4. The van der Waals surface area contributed by atoms with E-state index in [1.165, 1.54) is 31.7 Å². The highest BCUT2D eigenvalue weighted by Gasteiger charge is 2.29. The summed E-state index contributed by atoms with van der Waals surface area (Å²) in [5.41, 5.74) is 0.737. The van der Waals surface area contributed by atoms with Crippen LogP contribution in [0.25, 0.3) is 0 Å². The third-order valence-electron chi connectivity index (χ3n) is 3.82.